The number of urea groups is 1. The van der Waals surface area contributed by atoms with Gasteiger partial charge in [-0.15, -0.1) is 10.2 Å². The molecular weight excluding hydrogens is 409 g/mol. The summed E-state index contributed by atoms with van der Waals surface area (Å²) in [6.07, 6.45) is 0. The van der Waals surface area contributed by atoms with Gasteiger partial charge in [0.15, 0.2) is 5.82 Å². The Morgan fingerprint density at radius 1 is 1.23 bits per heavy atom. The number of carbonyl (C=O) groups is 1. The molecule has 1 aromatic heterocycles. The number of nitrogens with one attached hydrogen (secondary N) is 1. The maximum atomic E-state index is 13.5. The van der Waals surface area contributed by atoms with Crippen LogP contribution in [0.2, 0.25) is 5.02 Å². The van der Waals surface area contributed by atoms with Crippen molar-refractivity contribution < 1.29 is 13.9 Å². The normalized spacial score (nSPS) is 10.9. The molecule has 0 aliphatic carbocycles. The zero-order valence-corrected chi connectivity index (χ0v) is 17.9. The van der Waals surface area contributed by atoms with Gasteiger partial charge in [-0.25, -0.2) is 9.18 Å². The van der Waals surface area contributed by atoms with E-state index in [9.17, 15) is 9.18 Å². The van der Waals surface area contributed by atoms with Gasteiger partial charge in [0.2, 0.25) is 0 Å². The molecule has 0 spiro atoms. The maximum Gasteiger partial charge on any atom is 0.326 e. The van der Waals surface area contributed by atoms with Crippen LogP contribution in [-0.4, -0.2) is 27.9 Å². The Morgan fingerprint density at radius 2 is 1.93 bits per heavy atom. The molecule has 0 radical (unpaired) electrons. The fourth-order valence-corrected chi connectivity index (χ4v) is 3.32. The molecule has 3 aromatic rings. The molecule has 1 heterocycles. The Balaban J connectivity index is 1.94. The molecule has 158 valence electrons. The van der Waals surface area contributed by atoms with E-state index < -0.39 is 11.8 Å². The molecule has 2 aromatic carbocycles. The van der Waals surface area contributed by atoms with Crippen molar-refractivity contribution in [2.24, 2.45) is 0 Å². The third-order valence-corrected chi connectivity index (χ3v) is 4.84. The van der Waals surface area contributed by atoms with Crippen molar-refractivity contribution in [1.82, 2.24) is 14.8 Å². The van der Waals surface area contributed by atoms with Crippen molar-refractivity contribution in [1.29, 1.82) is 0 Å². The van der Waals surface area contributed by atoms with Gasteiger partial charge >= 0.3 is 6.03 Å². The fraction of sp³-hybridized carbons (Fsp3) is 0.286. The minimum Gasteiger partial charge on any atom is -0.497 e. The molecule has 3 rings (SSSR count). The first-order chi connectivity index (χ1) is 14.3. The number of aromatic nitrogens is 3. The van der Waals surface area contributed by atoms with Crippen LogP contribution in [0.25, 0.3) is 0 Å². The summed E-state index contributed by atoms with van der Waals surface area (Å²) in [4.78, 5) is 14.7. The number of hydrogen-bond acceptors (Lipinski definition) is 4. The second-order valence-electron chi connectivity index (χ2n) is 6.97. The predicted molar refractivity (Wildman–Crippen MR) is 115 cm³/mol. The topological polar surface area (TPSA) is 72.3 Å². The second-order valence-corrected chi connectivity index (χ2v) is 7.38. The number of benzene rings is 2. The van der Waals surface area contributed by atoms with Crippen LogP contribution in [0.5, 0.6) is 5.75 Å². The highest BCUT2D eigenvalue weighted by Crippen LogP contribution is 2.24. The van der Waals surface area contributed by atoms with Crippen LogP contribution in [0.4, 0.5) is 20.6 Å². The maximum absolute atomic E-state index is 13.5. The molecule has 0 aliphatic rings. The van der Waals surface area contributed by atoms with Gasteiger partial charge in [-0.2, -0.15) is 0 Å². The van der Waals surface area contributed by atoms with E-state index in [0.29, 0.717) is 22.9 Å². The highest BCUT2D eigenvalue weighted by atomic mass is 35.5. The minimum atomic E-state index is -0.554. The largest absolute Gasteiger partial charge is 0.497 e. The monoisotopic (exact) mass is 431 g/mol. The van der Waals surface area contributed by atoms with Crippen LogP contribution in [0, 0.1) is 12.7 Å². The number of carbonyl (C=O) groups excluding carboxylic acids is 1. The van der Waals surface area contributed by atoms with Crippen LogP contribution < -0.4 is 15.0 Å². The van der Waals surface area contributed by atoms with Gasteiger partial charge in [0.05, 0.1) is 18.7 Å². The summed E-state index contributed by atoms with van der Waals surface area (Å²) in [5, 5.41) is 11.1. The van der Waals surface area contributed by atoms with E-state index in [1.165, 1.54) is 23.1 Å². The summed E-state index contributed by atoms with van der Waals surface area (Å²) in [5.41, 5.74) is 1.02. The SMILES string of the molecule is COc1ccc(N(Cc2nnc(C)n2C(C)C)C(=O)Nc2ccc(F)c(Cl)c2)cc1. The number of halogens is 2. The number of hydrogen-bond donors (Lipinski definition) is 1. The molecule has 0 saturated carbocycles. The molecule has 9 heteroatoms. The summed E-state index contributed by atoms with van der Waals surface area (Å²) in [5.74, 6) is 1.53. The first-order valence-corrected chi connectivity index (χ1v) is 9.76. The van der Waals surface area contributed by atoms with Crippen LogP contribution in [-0.2, 0) is 6.54 Å². The highest BCUT2D eigenvalue weighted by molar-refractivity contribution is 6.31. The average Bonchev–Trinajstić information content (AvgIpc) is 3.09. The van der Waals surface area contributed by atoms with Gasteiger partial charge < -0.3 is 14.6 Å². The van der Waals surface area contributed by atoms with Crippen molar-refractivity contribution in [3.63, 3.8) is 0 Å². The van der Waals surface area contributed by atoms with E-state index in [1.54, 1.807) is 31.4 Å². The third-order valence-electron chi connectivity index (χ3n) is 4.55. The third kappa shape index (κ3) is 4.71. The van der Waals surface area contributed by atoms with E-state index in [0.717, 1.165) is 5.82 Å². The lowest BCUT2D eigenvalue weighted by molar-refractivity contribution is 0.256. The van der Waals surface area contributed by atoms with E-state index in [-0.39, 0.29) is 17.6 Å². The Bertz CT molecular complexity index is 1040. The second kappa shape index (κ2) is 9.13. The first kappa shape index (κ1) is 21.6. The lowest BCUT2D eigenvalue weighted by atomic mass is 10.2. The van der Waals surface area contributed by atoms with E-state index in [2.05, 4.69) is 15.5 Å². The van der Waals surface area contributed by atoms with Crippen molar-refractivity contribution in [3.8, 4) is 5.75 Å². The quantitative estimate of drug-likeness (QED) is 0.581. The number of methoxy groups -OCH3 is 1. The van der Waals surface area contributed by atoms with E-state index >= 15 is 0 Å². The van der Waals surface area contributed by atoms with Crippen molar-refractivity contribution in [3.05, 3.63) is 65.0 Å². The average molecular weight is 432 g/mol. The fourth-order valence-electron chi connectivity index (χ4n) is 3.14. The minimum absolute atomic E-state index is 0.0704. The zero-order valence-electron chi connectivity index (χ0n) is 17.2. The number of aryl methyl sites for hydroxylation is 1. The Morgan fingerprint density at radius 3 is 2.53 bits per heavy atom. The molecule has 1 N–H and O–H groups in total. The molecule has 0 aliphatic heterocycles. The Kier molecular flexibility index (Phi) is 6.56. The molecule has 7 nitrogen and oxygen atoms in total. The lowest BCUT2D eigenvalue weighted by Crippen LogP contribution is -2.35. The molecule has 0 atom stereocenters. The Hall–Kier alpha value is -3.13. The molecule has 30 heavy (non-hydrogen) atoms. The smallest absolute Gasteiger partial charge is 0.326 e. The number of anilines is 2. The van der Waals surface area contributed by atoms with Gasteiger partial charge in [-0.3, -0.25) is 4.90 Å². The standard InChI is InChI=1S/C21H23ClFN5O2/c1-13(2)28-14(3)25-26-20(28)12-27(16-6-8-17(30-4)9-7-16)21(29)24-15-5-10-19(23)18(22)11-15/h5-11,13H,12H2,1-4H3,(H,24,29). The van der Waals surface area contributed by atoms with Crippen molar-refractivity contribution in [2.45, 2.75) is 33.4 Å². The molecule has 0 saturated heterocycles. The van der Waals surface area contributed by atoms with E-state index in [4.69, 9.17) is 16.3 Å². The zero-order chi connectivity index (χ0) is 21.8. The van der Waals surface area contributed by atoms with Crippen molar-refractivity contribution in [2.75, 3.05) is 17.3 Å². The summed E-state index contributed by atoms with van der Waals surface area (Å²) < 4.78 is 20.6. The molecule has 2 amide bonds. The number of amides is 2. The van der Waals surface area contributed by atoms with Gasteiger partial charge in [0.1, 0.15) is 17.4 Å². The van der Waals surface area contributed by atoms with Crippen LogP contribution in [0.1, 0.15) is 31.5 Å². The van der Waals surface area contributed by atoms with Gasteiger partial charge in [-0.05, 0) is 63.2 Å². The predicted octanol–water partition coefficient (Wildman–Crippen LogP) is 5.21. The highest BCUT2D eigenvalue weighted by Gasteiger charge is 2.22. The molecular formula is C21H23ClFN5O2. The molecule has 0 unspecified atom stereocenters. The van der Waals surface area contributed by atoms with Crippen molar-refractivity contribution >= 4 is 29.0 Å². The summed E-state index contributed by atoms with van der Waals surface area (Å²) in [6.45, 7) is 6.11. The molecule has 0 bridgehead atoms. The van der Waals surface area contributed by atoms with Crippen LogP contribution in [0.15, 0.2) is 42.5 Å². The van der Waals surface area contributed by atoms with Gasteiger partial charge in [0.25, 0.3) is 0 Å². The van der Waals surface area contributed by atoms with Gasteiger partial charge in [0, 0.05) is 17.4 Å². The number of nitrogens with zero attached hydrogens (tertiary/aromatic N) is 4. The first-order valence-electron chi connectivity index (χ1n) is 9.38. The Labute approximate surface area is 179 Å². The summed E-state index contributed by atoms with van der Waals surface area (Å²) in [6, 6.07) is 10.8. The van der Waals surface area contributed by atoms with Crippen LogP contribution in [0.3, 0.4) is 0 Å². The number of ether oxygens (including phenoxy) is 1. The lowest BCUT2D eigenvalue weighted by Gasteiger charge is -2.24. The van der Waals surface area contributed by atoms with Crippen LogP contribution >= 0.6 is 11.6 Å². The summed E-state index contributed by atoms with van der Waals surface area (Å²) >= 11 is 5.84. The van der Waals surface area contributed by atoms with E-state index in [1.807, 2.05) is 25.3 Å². The summed E-state index contributed by atoms with van der Waals surface area (Å²) in [7, 11) is 1.58. The van der Waals surface area contributed by atoms with Gasteiger partial charge in [-0.1, -0.05) is 11.6 Å². The molecule has 0 fully saturated rings. The number of rotatable bonds is 6.